The fourth-order valence-corrected chi connectivity index (χ4v) is 5.64. The number of hydrogen-bond donors (Lipinski definition) is 0. The van der Waals surface area contributed by atoms with Crippen molar-refractivity contribution >= 4 is 34.9 Å². The second-order valence-corrected chi connectivity index (χ2v) is 10.4. The summed E-state index contributed by atoms with van der Waals surface area (Å²) in [6, 6.07) is 15.1. The number of hydrogen-bond acceptors (Lipinski definition) is 2. The average Bonchev–Trinajstić information content (AvgIpc) is 2.77. The van der Waals surface area contributed by atoms with E-state index in [0.29, 0.717) is 29.3 Å². The van der Waals surface area contributed by atoms with E-state index in [1.807, 2.05) is 74.2 Å². The lowest BCUT2D eigenvalue weighted by molar-refractivity contribution is -0.157. The van der Waals surface area contributed by atoms with Crippen LogP contribution in [0.15, 0.2) is 61.2 Å². The Kier molecular flexibility index (Phi) is 8.08. The van der Waals surface area contributed by atoms with Crippen LogP contribution in [0.3, 0.4) is 0 Å². The Morgan fingerprint density at radius 3 is 2.39 bits per heavy atom. The fraction of sp³-hybridized carbons (Fsp3) is 0.429. The largest absolute Gasteiger partial charge is 0.331 e. The highest BCUT2D eigenvalue weighted by Gasteiger charge is 2.51. The number of halogens is 2. The number of piperidine rings is 1. The lowest BCUT2D eigenvalue weighted by Crippen LogP contribution is -2.57. The van der Waals surface area contributed by atoms with E-state index in [1.165, 1.54) is 0 Å². The molecule has 1 amide bonds. The average molecular weight is 486 g/mol. The molecular formula is C28H33Cl2NO2. The normalized spacial score (nSPS) is 24.9. The highest BCUT2D eigenvalue weighted by Crippen LogP contribution is 2.52. The molecule has 1 unspecified atom stereocenters. The smallest absolute Gasteiger partial charge is 0.229 e. The van der Waals surface area contributed by atoms with Gasteiger partial charge in [-0.3, -0.25) is 9.59 Å². The standard InChI is InChI=1S/C28H33Cl2NO2/c1-6-15-28(5)17-24(21-9-8-10-23(30)16-21)26(20-11-13-22(29)14-12-20)31(27(28)33)25(7-2)18(3)19(4)32/h6,8-14,16,18,24-26H,1,7,15,17H2,2-5H3/t18-,24?,25-,26+,28-/m0/s1. The van der Waals surface area contributed by atoms with E-state index in [0.717, 1.165) is 11.1 Å². The van der Waals surface area contributed by atoms with Crippen molar-refractivity contribution in [3.05, 3.63) is 82.4 Å². The van der Waals surface area contributed by atoms with Crippen LogP contribution in [0.5, 0.6) is 0 Å². The maximum Gasteiger partial charge on any atom is 0.229 e. The number of rotatable bonds is 8. The van der Waals surface area contributed by atoms with E-state index < -0.39 is 5.41 Å². The van der Waals surface area contributed by atoms with Crippen molar-refractivity contribution in [3.63, 3.8) is 0 Å². The Bertz CT molecular complexity index is 1020. The molecule has 5 atom stereocenters. The summed E-state index contributed by atoms with van der Waals surface area (Å²) in [7, 11) is 0. The highest BCUT2D eigenvalue weighted by molar-refractivity contribution is 6.30. The van der Waals surface area contributed by atoms with Crippen LogP contribution in [-0.4, -0.2) is 22.6 Å². The molecule has 0 spiro atoms. The van der Waals surface area contributed by atoms with Crippen LogP contribution in [0.1, 0.15) is 70.0 Å². The van der Waals surface area contributed by atoms with Gasteiger partial charge in [-0.05, 0) is 61.6 Å². The summed E-state index contributed by atoms with van der Waals surface area (Å²) >= 11 is 12.6. The summed E-state index contributed by atoms with van der Waals surface area (Å²) in [6.07, 6.45) is 3.73. The van der Waals surface area contributed by atoms with E-state index >= 15 is 0 Å². The molecule has 1 fully saturated rings. The van der Waals surface area contributed by atoms with Crippen molar-refractivity contribution in [2.75, 3.05) is 0 Å². The lowest BCUT2D eigenvalue weighted by Gasteiger charge is -2.53. The molecule has 0 radical (unpaired) electrons. The second kappa shape index (κ2) is 10.4. The summed E-state index contributed by atoms with van der Waals surface area (Å²) in [6.45, 7) is 11.5. The SMILES string of the molecule is C=CC[C@@]1(C)CC(c2cccc(Cl)c2)[C@@H](c2ccc(Cl)cc2)N([C@@H](CC)[C@@H](C)C(C)=O)C1=O. The number of allylic oxidation sites excluding steroid dienone is 1. The van der Waals surface area contributed by atoms with Crippen LogP contribution < -0.4 is 0 Å². The Morgan fingerprint density at radius 1 is 1.18 bits per heavy atom. The van der Waals surface area contributed by atoms with Crippen molar-refractivity contribution in [2.24, 2.45) is 11.3 Å². The number of likely N-dealkylation sites (tertiary alicyclic amines) is 1. The molecule has 33 heavy (non-hydrogen) atoms. The number of amides is 1. The third-order valence-corrected chi connectivity index (χ3v) is 7.67. The first-order valence-electron chi connectivity index (χ1n) is 11.6. The van der Waals surface area contributed by atoms with Crippen LogP contribution in [0.25, 0.3) is 0 Å². The molecule has 3 rings (SSSR count). The molecular weight excluding hydrogens is 453 g/mol. The fourth-order valence-electron chi connectivity index (χ4n) is 5.31. The highest BCUT2D eigenvalue weighted by atomic mass is 35.5. The summed E-state index contributed by atoms with van der Waals surface area (Å²) in [5.41, 5.74) is 1.47. The molecule has 1 heterocycles. The number of nitrogens with zero attached hydrogens (tertiary/aromatic N) is 1. The van der Waals surface area contributed by atoms with Crippen molar-refractivity contribution in [3.8, 4) is 0 Å². The zero-order valence-corrected chi connectivity index (χ0v) is 21.4. The Morgan fingerprint density at radius 2 is 1.85 bits per heavy atom. The maximum atomic E-state index is 14.2. The van der Waals surface area contributed by atoms with E-state index in [-0.39, 0.29) is 35.6 Å². The van der Waals surface area contributed by atoms with Gasteiger partial charge in [0.05, 0.1) is 11.5 Å². The lowest BCUT2D eigenvalue weighted by atomic mass is 9.66. The van der Waals surface area contributed by atoms with Gasteiger partial charge in [-0.25, -0.2) is 0 Å². The second-order valence-electron chi connectivity index (χ2n) is 9.50. The molecule has 2 aromatic carbocycles. The number of carbonyl (C=O) groups is 2. The molecule has 0 saturated carbocycles. The van der Waals surface area contributed by atoms with Crippen molar-refractivity contribution in [2.45, 2.75) is 65.0 Å². The van der Waals surface area contributed by atoms with Gasteiger partial charge in [0.1, 0.15) is 5.78 Å². The van der Waals surface area contributed by atoms with Gasteiger partial charge in [0.2, 0.25) is 5.91 Å². The van der Waals surface area contributed by atoms with Gasteiger partial charge in [0, 0.05) is 27.9 Å². The van der Waals surface area contributed by atoms with E-state index in [9.17, 15) is 9.59 Å². The van der Waals surface area contributed by atoms with E-state index in [1.54, 1.807) is 6.92 Å². The first-order valence-corrected chi connectivity index (χ1v) is 12.3. The number of carbonyl (C=O) groups excluding carboxylic acids is 2. The number of Topliss-reactive ketones (excluding diaryl/α,β-unsaturated/α-hetero) is 1. The molecule has 0 N–H and O–H groups in total. The third-order valence-electron chi connectivity index (χ3n) is 7.18. The first-order chi connectivity index (χ1) is 15.6. The summed E-state index contributed by atoms with van der Waals surface area (Å²) in [5.74, 6) is -0.124. The number of ketones is 1. The molecule has 0 aromatic heterocycles. The first kappa shape index (κ1) is 25.5. The van der Waals surface area contributed by atoms with Gasteiger partial charge in [-0.15, -0.1) is 6.58 Å². The van der Waals surface area contributed by atoms with Crippen LogP contribution in [-0.2, 0) is 9.59 Å². The minimum atomic E-state index is -0.623. The Balaban J connectivity index is 2.27. The van der Waals surface area contributed by atoms with Gasteiger partial charge in [-0.2, -0.15) is 0 Å². The summed E-state index contributed by atoms with van der Waals surface area (Å²) < 4.78 is 0. The van der Waals surface area contributed by atoms with Gasteiger partial charge in [0.15, 0.2) is 0 Å². The molecule has 5 heteroatoms. The minimum absolute atomic E-state index is 0.000679. The molecule has 1 aliphatic heterocycles. The molecule has 1 aliphatic rings. The van der Waals surface area contributed by atoms with E-state index in [4.69, 9.17) is 23.2 Å². The Labute approximate surface area is 207 Å². The zero-order valence-electron chi connectivity index (χ0n) is 19.9. The molecule has 0 aliphatic carbocycles. The predicted octanol–water partition coefficient (Wildman–Crippen LogP) is 7.64. The van der Waals surface area contributed by atoms with Gasteiger partial charge >= 0.3 is 0 Å². The monoisotopic (exact) mass is 485 g/mol. The van der Waals surface area contributed by atoms with Crippen molar-refractivity contribution in [1.29, 1.82) is 0 Å². The Hall–Kier alpha value is -2.10. The zero-order chi connectivity index (χ0) is 24.3. The van der Waals surface area contributed by atoms with Crippen LogP contribution in [0.2, 0.25) is 10.0 Å². The molecule has 0 bridgehead atoms. The van der Waals surface area contributed by atoms with Crippen molar-refractivity contribution in [1.82, 2.24) is 4.90 Å². The number of benzene rings is 2. The van der Waals surface area contributed by atoms with Crippen molar-refractivity contribution < 1.29 is 9.59 Å². The molecule has 3 nitrogen and oxygen atoms in total. The maximum absolute atomic E-state index is 14.2. The molecule has 2 aromatic rings. The van der Waals surface area contributed by atoms with E-state index in [2.05, 4.69) is 12.6 Å². The van der Waals surface area contributed by atoms with Crippen LogP contribution >= 0.6 is 23.2 Å². The van der Waals surface area contributed by atoms with Gasteiger partial charge < -0.3 is 4.90 Å². The molecule has 1 saturated heterocycles. The predicted molar refractivity (Wildman–Crippen MR) is 137 cm³/mol. The summed E-state index contributed by atoms with van der Waals surface area (Å²) in [5, 5.41) is 1.31. The summed E-state index contributed by atoms with van der Waals surface area (Å²) in [4.78, 5) is 28.6. The quantitative estimate of drug-likeness (QED) is 0.360. The van der Waals surface area contributed by atoms with Crippen LogP contribution in [0.4, 0.5) is 0 Å². The minimum Gasteiger partial charge on any atom is -0.331 e. The van der Waals surface area contributed by atoms with Gasteiger partial charge in [0.25, 0.3) is 0 Å². The van der Waals surface area contributed by atoms with Crippen LogP contribution in [0, 0.1) is 11.3 Å². The van der Waals surface area contributed by atoms with Gasteiger partial charge in [-0.1, -0.05) is 74.3 Å². The topological polar surface area (TPSA) is 37.4 Å². The molecule has 176 valence electrons. The third kappa shape index (κ3) is 5.20.